The lowest BCUT2D eigenvalue weighted by atomic mass is 10.0. The molecule has 1 aromatic heterocycles. The van der Waals surface area contributed by atoms with E-state index in [0.717, 1.165) is 11.1 Å². The molecule has 1 atom stereocenters. The number of nitro groups is 1. The number of nitro benzene ring substituents is 1. The topological polar surface area (TPSA) is 68.1 Å². The van der Waals surface area contributed by atoms with Crippen molar-refractivity contribution in [3.05, 3.63) is 99.4 Å². The van der Waals surface area contributed by atoms with Crippen molar-refractivity contribution in [3.8, 4) is 0 Å². The van der Waals surface area contributed by atoms with Gasteiger partial charge in [-0.3, -0.25) is 15.1 Å². The standard InChI is InChI=1S/C19H15F2N3O2/c1-12-5-4-6-13(9-12)18(17-7-2-3-8-22-17)23-19-15(20)10-14(24(25)26)11-16(19)21/h2-11,18,23H,1H3. The monoisotopic (exact) mass is 355 g/mol. The van der Waals surface area contributed by atoms with Crippen LogP contribution in [0.1, 0.15) is 22.9 Å². The van der Waals surface area contributed by atoms with Crippen LogP contribution in [0.5, 0.6) is 0 Å². The van der Waals surface area contributed by atoms with Gasteiger partial charge in [0.25, 0.3) is 5.69 Å². The normalized spacial score (nSPS) is 11.8. The Morgan fingerprint density at radius 2 is 1.81 bits per heavy atom. The molecule has 26 heavy (non-hydrogen) atoms. The molecular weight excluding hydrogens is 340 g/mol. The first-order chi connectivity index (χ1) is 12.5. The number of pyridine rings is 1. The van der Waals surface area contributed by atoms with E-state index in [1.54, 1.807) is 24.4 Å². The number of anilines is 1. The zero-order valence-corrected chi connectivity index (χ0v) is 13.8. The van der Waals surface area contributed by atoms with E-state index in [0.29, 0.717) is 17.8 Å². The van der Waals surface area contributed by atoms with E-state index in [2.05, 4.69) is 10.3 Å². The quantitative estimate of drug-likeness (QED) is 0.528. The Hall–Kier alpha value is -3.35. The third-order valence-corrected chi connectivity index (χ3v) is 3.89. The molecule has 2 aromatic carbocycles. The zero-order chi connectivity index (χ0) is 18.7. The van der Waals surface area contributed by atoms with Crippen molar-refractivity contribution in [2.45, 2.75) is 13.0 Å². The van der Waals surface area contributed by atoms with Gasteiger partial charge >= 0.3 is 0 Å². The van der Waals surface area contributed by atoms with Crippen molar-refractivity contribution in [2.75, 3.05) is 5.32 Å². The van der Waals surface area contributed by atoms with E-state index < -0.39 is 34.0 Å². The van der Waals surface area contributed by atoms with Crippen LogP contribution in [0, 0.1) is 28.7 Å². The molecule has 1 unspecified atom stereocenters. The highest BCUT2D eigenvalue weighted by Crippen LogP contribution is 2.31. The van der Waals surface area contributed by atoms with Crippen LogP contribution in [0.25, 0.3) is 0 Å². The lowest BCUT2D eigenvalue weighted by Crippen LogP contribution is -2.16. The molecule has 0 amide bonds. The smallest absolute Gasteiger partial charge is 0.275 e. The number of benzene rings is 2. The summed E-state index contributed by atoms with van der Waals surface area (Å²) in [5, 5.41) is 13.6. The number of hydrogen-bond donors (Lipinski definition) is 1. The summed E-state index contributed by atoms with van der Waals surface area (Å²) in [6.45, 7) is 1.91. The molecule has 3 rings (SSSR count). The Bertz CT molecular complexity index is 926. The zero-order valence-electron chi connectivity index (χ0n) is 13.8. The van der Waals surface area contributed by atoms with Gasteiger partial charge in [-0.2, -0.15) is 0 Å². The minimum absolute atomic E-state index is 0.437. The molecule has 0 aliphatic rings. The molecule has 5 nitrogen and oxygen atoms in total. The summed E-state index contributed by atoms with van der Waals surface area (Å²) >= 11 is 0. The predicted molar refractivity (Wildman–Crippen MR) is 93.9 cm³/mol. The second-order valence-corrected chi connectivity index (χ2v) is 5.79. The molecule has 0 aliphatic heterocycles. The SMILES string of the molecule is Cc1cccc(C(Nc2c(F)cc([N+](=O)[O-])cc2F)c2ccccn2)c1. The average Bonchev–Trinajstić information content (AvgIpc) is 2.61. The molecule has 1 heterocycles. The van der Waals surface area contributed by atoms with Crippen LogP contribution >= 0.6 is 0 Å². The van der Waals surface area contributed by atoms with Crippen molar-refractivity contribution < 1.29 is 13.7 Å². The van der Waals surface area contributed by atoms with E-state index in [1.807, 2.05) is 31.2 Å². The van der Waals surface area contributed by atoms with E-state index >= 15 is 0 Å². The summed E-state index contributed by atoms with van der Waals surface area (Å²) in [5.74, 6) is -2.07. The van der Waals surface area contributed by atoms with E-state index in [-0.39, 0.29) is 0 Å². The van der Waals surface area contributed by atoms with Crippen LogP contribution < -0.4 is 5.32 Å². The van der Waals surface area contributed by atoms with Crippen molar-refractivity contribution >= 4 is 11.4 Å². The van der Waals surface area contributed by atoms with Crippen molar-refractivity contribution in [2.24, 2.45) is 0 Å². The fraction of sp³-hybridized carbons (Fsp3) is 0.105. The number of aromatic nitrogens is 1. The van der Waals surface area contributed by atoms with Gasteiger partial charge in [0, 0.05) is 6.20 Å². The number of nitrogens with zero attached hydrogens (tertiary/aromatic N) is 2. The molecule has 1 N–H and O–H groups in total. The number of aryl methyl sites for hydroxylation is 1. The predicted octanol–water partition coefficient (Wildman–Crippen LogP) is 4.78. The summed E-state index contributed by atoms with van der Waals surface area (Å²) < 4.78 is 28.6. The number of hydrogen-bond acceptors (Lipinski definition) is 4. The minimum atomic E-state index is -1.04. The van der Waals surface area contributed by atoms with Gasteiger partial charge in [0.15, 0.2) is 11.6 Å². The number of rotatable bonds is 5. The Labute approximate surface area is 148 Å². The van der Waals surface area contributed by atoms with Crippen molar-refractivity contribution in [1.29, 1.82) is 0 Å². The molecule has 0 bridgehead atoms. The second-order valence-electron chi connectivity index (χ2n) is 5.79. The van der Waals surface area contributed by atoms with Crippen LogP contribution in [0.3, 0.4) is 0 Å². The van der Waals surface area contributed by atoms with Crippen LogP contribution in [-0.4, -0.2) is 9.91 Å². The number of nitrogens with one attached hydrogen (secondary N) is 1. The number of halogens is 2. The van der Waals surface area contributed by atoms with Gasteiger partial charge in [-0.05, 0) is 24.6 Å². The van der Waals surface area contributed by atoms with Crippen LogP contribution in [0.15, 0.2) is 60.8 Å². The molecule has 0 fully saturated rings. The van der Waals surface area contributed by atoms with E-state index in [1.165, 1.54) is 0 Å². The van der Waals surface area contributed by atoms with E-state index in [9.17, 15) is 18.9 Å². The lowest BCUT2D eigenvalue weighted by molar-refractivity contribution is -0.385. The Balaban J connectivity index is 2.06. The summed E-state index contributed by atoms with van der Waals surface area (Å²) in [5.41, 5.74) is 1.23. The third-order valence-electron chi connectivity index (χ3n) is 3.89. The Morgan fingerprint density at radius 3 is 2.38 bits per heavy atom. The van der Waals surface area contributed by atoms with Crippen molar-refractivity contribution in [1.82, 2.24) is 4.98 Å². The minimum Gasteiger partial charge on any atom is -0.368 e. The highest BCUT2D eigenvalue weighted by Gasteiger charge is 2.22. The molecule has 0 aliphatic carbocycles. The fourth-order valence-corrected chi connectivity index (χ4v) is 2.67. The molecule has 3 aromatic rings. The molecule has 7 heteroatoms. The maximum Gasteiger partial charge on any atom is 0.275 e. The fourth-order valence-electron chi connectivity index (χ4n) is 2.67. The molecule has 0 radical (unpaired) electrons. The second kappa shape index (κ2) is 7.26. The third kappa shape index (κ3) is 3.66. The largest absolute Gasteiger partial charge is 0.368 e. The lowest BCUT2D eigenvalue weighted by Gasteiger charge is -2.21. The first-order valence-electron chi connectivity index (χ1n) is 7.83. The van der Waals surface area contributed by atoms with Crippen LogP contribution in [0.4, 0.5) is 20.2 Å². The van der Waals surface area contributed by atoms with Crippen LogP contribution in [-0.2, 0) is 0 Å². The maximum atomic E-state index is 14.3. The molecule has 0 saturated carbocycles. The van der Waals surface area contributed by atoms with Crippen molar-refractivity contribution in [3.63, 3.8) is 0 Å². The highest BCUT2D eigenvalue weighted by molar-refractivity contribution is 5.54. The van der Waals surface area contributed by atoms with Gasteiger partial charge in [0.1, 0.15) is 5.69 Å². The van der Waals surface area contributed by atoms with Gasteiger partial charge in [-0.25, -0.2) is 8.78 Å². The highest BCUT2D eigenvalue weighted by atomic mass is 19.1. The summed E-state index contributed by atoms with van der Waals surface area (Å²) in [6, 6.07) is 13.5. The Kier molecular flexibility index (Phi) is 4.88. The van der Waals surface area contributed by atoms with Gasteiger partial charge in [-0.15, -0.1) is 0 Å². The van der Waals surface area contributed by atoms with Gasteiger partial charge in [0.05, 0.1) is 28.8 Å². The summed E-state index contributed by atoms with van der Waals surface area (Å²) in [6.07, 6.45) is 1.59. The Morgan fingerprint density at radius 1 is 1.08 bits per heavy atom. The van der Waals surface area contributed by atoms with Gasteiger partial charge in [-0.1, -0.05) is 35.9 Å². The number of non-ortho nitro benzene ring substituents is 1. The van der Waals surface area contributed by atoms with E-state index in [4.69, 9.17) is 0 Å². The first-order valence-corrected chi connectivity index (χ1v) is 7.83. The molecule has 0 spiro atoms. The maximum absolute atomic E-state index is 14.3. The van der Waals surface area contributed by atoms with Gasteiger partial charge in [0.2, 0.25) is 0 Å². The average molecular weight is 355 g/mol. The molecular formula is C19H15F2N3O2. The first kappa shape index (κ1) is 17.5. The molecule has 0 saturated heterocycles. The summed E-state index contributed by atoms with van der Waals surface area (Å²) in [7, 11) is 0. The summed E-state index contributed by atoms with van der Waals surface area (Å²) in [4.78, 5) is 14.2. The van der Waals surface area contributed by atoms with Gasteiger partial charge < -0.3 is 5.32 Å². The van der Waals surface area contributed by atoms with Crippen LogP contribution in [0.2, 0.25) is 0 Å². The molecule has 132 valence electrons.